The van der Waals surface area contributed by atoms with Crippen molar-refractivity contribution in [2.75, 3.05) is 19.1 Å². The van der Waals surface area contributed by atoms with Gasteiger partial charge in [0.1, 0.15) is 22.2 Å². The maximum absolute atomic E-state index is 13.4. The topological polar surface area (TPSA) is 106 Å². The minimum Gasteiger partial charge on any atom is -0.507 e. The SMILES string of the molecule is COC(=O)c1sc(N2C(=O)C(=O)C(=C(O)c3ccc(F)cc3)[C@@H]2c2cccc(OC)c2)nc1C. The molecule has 1 amide bonds. The fourth-order valence-electron chi connectivity index (χ4n) is 3.69. The van der Waals surface area contributed by atoms with E-state index in [1.807, 2.05) is 0 Å². The summed E-state index contributed by atoms with van der Waals surface area (Å²) in [5.74, 6) is -3.01. The standard InChI is InChI=1S/C24H19FN2O6S/c1-12-21(23(31)33-3)34-24(26-12)27-18(14-5-4-6-16(11-14)32-2)17(20(29)22(27)30)19(28)13-7-9-15(25)10-8-13/h4-11,18,28H,1-3H3/t18-/m0/s1. The Morgan fingerprint density at radius 2 is 1.85 bits per heavy atom. The number of aryl methyl sites for hydroxylation is 1. The number of ketones is 1. The van der Waals surface area contributed by atoms with Crippen LogP contribution in [0.15, 0.2) is 54.1 Å². The van der Waals surface area contributed by atoms with Gasteiger partial charge in [-0.2, -0.15) is 0 Å². The van der Waals surface area contributed by atoms with Crippen LogP contribution in [-0.4, -0.2) is 42.0 Å². The van der Waals surface area contributed by atoms with Gasteiger partial charge in [0, 0.05) is 5.56 Å². The normalized spacial score (nSPS) is 17.2. The lowest BCUT2D eigenvalue weighted by molar-refractivity contribution is -0.132. The second-order valence-electron chi connectivity index (χ2n) is 7.36. The zero-order valence-corrected chi connectivity index (χ0v) is 19.2. The van der Waals surface area contributed by atoms with E-state index in [2.05, 4.69) is 4.98 Å². The number of thiazole rings is 1. The van der Waals surface area contributed by atoms with Crippen molar-refractivity contribution in [1.29, 1.82) is 0 Å². The smallest absolute Gasteiger partial charge is 0.350 e. The summed E-state index contributed by atoms with van der Waals surface area (Å²) in [6.07, 6.45) is 0. The Balaban J connectivity index is 1.95. The molecule has 0 unspecified atom stereocenters. The lowest BCUT2D eigenvalue weighted by Gasteiger charge is -2.23. The molecule has 0 radical (unpaired) electrons. The molecule has 1 saturated heterocycles. The molecule has 1 aliphatic heterocycles. The first kappa shape index (κ1) is 23.1. The first-order valence-corrected chi connectivity index (χ1v) is 10.8. The highest BCUT2D eigenvalue weighted by molar-refractivity contribution is 7.17. The van der Waals surface area contributed by atoms with Gasteiger partial charge in [-0.15, -0.1) is 0 Å². The summed E-state index contributed by atoms with van der Waals surface area (Å²) >= 11 is 0.897. The third-order valence-electron chi connectivity index (χ3n) is 5.33. The molecule has 8 nitrogen and oxygen atoms in total. The molecule has 174 valence electrons. The van der Waals surface area contributed by atoms with Gasteiger partial charge in [-0.05, 0) is 48.9 Å². The van der Waals surface area contributed by atoms with Crippen LogP contribution >= 0.6 is 11.3 Å². The second kappa shape index (κ2) is 9.06. The number of aromatic nitrogens is 1. The van der Waals surface area contributed by atoms with Crippen LogP contribution in [0.4, 0.5) is 9.52 Å². The van der Waals surface area contributed by atoms with Crippen LogP contribution in [0.2, 0.25) is 0 Å². The number of rotatable bonds is 5. The van der Waals surface area contributed by atoms with Gasteiger partial charge in [-0.3, -0.25) is 14.5 Å². The number of aliphatic hydroxyl groups excluding tert-OH is 1. The molecule has 34 heavy (non-hydrogen) atoms. The zero-order valence-electron chi connectivity index (χ0n) is 18.4. The van der Waals surface area contributed by atoms with Gasteiger partial charge < -0.3 is 14.6 Å². The van der Waals surface area contributed by atoms with Crippen molar-refractivity contribution in [3.8, 4) is 5.75 Å². The van der Waals surface area contributed by atoms with Crippen molar-refractivity contribution in [1.82, 2.24) is 4.98 Å². The summed E-state index contributed by atoms with van der Waals surface area (Å²) in [5.41, 5.74) is 0.765. The minimum absolute atomic E-state index is 0.0889. The van der Waals surface area contributed by atoms with E-state index >= 15 is 0 Å². The number of anilines is 1. The summed E-state index contributed by atoms with van der Waals surface area (Å²) in [6.45, 7) is 1.59. The molecule has 2 aromatic carbocycles. The zero-order chi connectivity index (χ0) is 24.6. The van der Waals surface area contributed by atoms with Crippen LogP contribution in [0.25, 0.3) is 5.76 Å². The molecule has 3 aromatic rings. The van der Waals surface area contributed by atoms with Crippen molar-refractivity contribution in [3.63, 3.8) is 0 Å². The van der Waals surface area contributed by atoms with Crippen LogP contribution in [-0.2, 0) is 14.3 Å². The van der Waals surface area contributed by atoms with Crippen LogP contribution in [0.3, 0.4) is 0 Å². The van der Waals surface area contributed by atoms with Crippen LogP contribution < -0.4 is 9.64 Å². The maximum Gasteiger partial charge on any atom is 0.350 e. The summed E-state index contributed by atoms with van der Waals surface area (Å²) in [5, 5.41) is 11.1. The summed E-state index contributed by atoms with van der Waals surface area (Å²) in [6, 6.07) is 10.5. The molecule has 0 bridgehead atoms. The van der Waals surface area contributed by atoms with E-state index < -0.39 is 35.3 Å². The number of hydrogen-bond acceptors (Lipinski definition) is 8. The van der Waals surface area contributed by atoms with Crippen molar-refractivity contribution >= 4 is 39.9 Å². The van der Waals surface area contributed by atoms with E-state index in [1.54, 1.807) is 31.2 Å². The van der Waals surface area contributed by atoms with E-state index in [1.165, 1.54) is 26.4 Å². The molecule has 0 aliphatic carbocycles. The number of hydrogen-bond donors (Lipinski definition) is 1. The Kier molecular flexibility index (Phi) is 6.16. The lowest BCUT2D eigenvalue weighted by Crippen LogP contribution is -2.29. The Hall–Kier alpha value is -4.05. The third-order valence-corrected chi connectivity index (χ3v) is 6.47. The molecule has 1 N–H and O–H groups in total. The highest BCUT2D eigenvalue weighted by Gasteiger charge is 2.48. The fourth-order valence-corrected chi connectivity index (χ4v) is 4.70. The molecule has 1 aliphatic rings. The number of methoxy groups -OCH3 is 2. The van der Waals surface area contributed by atoms with Crippen molar-refractivity contribution < 1.29 is 33.4 Å². The summed E-state index contributed by atoms with van der Waals surface area (Å²) in [7, 11) is 2.70. The average molecular weight is 482 g/mol. The lowest BCUT2D eigenvalue weighted by atomic mass is 9.95. The number of benzene rings is 2. The van der Waals surface area contributed by atoms with Gasteiger partial charge in [0.05, 0.1) is 31.5 Å². The van der Waals surface area contributed by atoms with Gasteiger partial charge in [-0.25, -0.2) is 14.2 Å². The van der Waals surface area contributed by atoms with Gasteiger partial charge in [0.2, 0.25) is 0 Å². The van der Waals surface area contributed by atoms with E-state index in [0.717, 1.165) is 28.4 Å². The second-order valence-corrected chi connectivity index (χ2v) is 8.33. The molecular weight excluding hydrogens is 463 g/mol. The molecule has 0 saturated carbocycles. The van der Waals surface area contributed by atoms with E-state index in [9.17, 15) is 23.9 Å². The van der Waals surface area contributed by atoms with Crippen molar-refractivity contribution in [2.45, 2.75) is 13.0 Å². The molecular formula is C24H19FN2O6S. The van der Waals surface area contributed by atoms with E-state index in [-0.39, 0.29) is 21.1 Å². The van der Waals surface area contributed by atoms with E-state index in [0.29, 0.717) is 17.0 Å². The molecule has 1 fully saturated rings. The number of halogens is 1. The first-order chi connectivity index (χ1) is 16.3. The van der Waals surface area contributed by atoms with Crippen LogP contribution in [0, 0.1) is 12.7 Å². The largest absolute Gasteiger partial charge is 0.507 e. The van der Waals surface area contributed by atoms with Gasteiger partial charge in [-0.1, -0.05) is 23.5 Å². The summed E-state index contributed by atoms with van der Waals surface area (Å²) < 4.78 is 23.5. The van der Waals surface area contributed by atoms with E-state index in [4.69, 9.17) is 9.47 Å². The monoisotopic (exact) mass is 482 g/mol. The minimum atomic E-state index is -1.07. The average Bonchev–Trinajstić information content (AvgIpc) is 3.35. The third kappa shape index (κ3) is 3.92. The number of ether oxygens (including phenoxy) is 2. The number of Topliss-reactive ketones (excluding diaryl/α,β-unsaturated/α-hetero) is 1. The Labute approximate surface area is 197 Å². The van der Waals surface area contributed by atoms with Gasteiger partial charge in [0.15, 0.2) is 5.13 Å². The highest BCUT2D eigenvalue weighted by atomic mass is 32.1. The summed E-state index contributed by atoms with van der Waals surface area (Å²) in [4.78, 5) is 44.1. The maximum atomic E-state index is 13.4. The predicted octanol–water partition coefficient (Wildman–Crippen LogP) is 4.01. The number of aliphatic hydroxyl groups is 1. The Morgan fingerprint density at radius 3 is 2.50 bits per heavy atom. The van der Waals surface area contributed by atoms with Crippen LogP contribution in [0.5, 0.6) is 5.75 Å². The number of carbonyl (C=O) groups excluding carboxylic acids is 3. The molecule has 4 rings (SSSR count). The molecule has 1 atom stereocenters. The van der Waals surface area contributed by atoms with Gasteiger partial charge in [0.25, 0.3) is 5.78 Å². The molecule has 2 heterocycles. The fraction of sp³-hybridized carbons (Fsp3) is 0.167. The number of carbonyl (C=O) groups is 3. The highest BCUT2D eigenvalue weighted by Crippen LogP contribution is 2.44. The predicted molar refractivity (Wildman–Crippen MR) is 122 cm³/mol. The number of esters is 1. The van der Waals surface area contributed by atoms with Gasteiger partial charge >= 0.3 is 11.9 Å². The Morgan fingerprint density at radius 1 is 1.15 bits per heavy atom. The molecule has 10 heteroatoms. The number of nitrogens with zero attached hydrogens (tertiary/aromatic N) is 2. The molecule has 1 aromatic heterocycles. The van der Waals surface area contributed by atoms with Crippen LogP contribution in [0.1, 0.15) is 32.5 Å². The first-order valence-electron chi connectivity index (χ1n) is 10.0. The quantitative estimate of drug-likeness (QED) is 0.253. The number of amides is 1. The molecule has 0 spiro atoms. The Bertz CT molecular complexity index is 1330. The van der Waals surface area contributed by atoms with Crippen molar-refractivity contribution in [2.24, 2.45) is 0 Å². The van der Waals surface area contributed by atoms with Crippen molar-refractivity contribution in [3.05, 3.63) is 81.6 Å².